The largest absolute Gasteiger partial charge is 0.396 e. The van der Waals surface area contributed by atoms with Gasteiger partial charge in [0.05, 0.1) is 11.7 Å². The highest BCUT2D eigenvalue weighted by Crippen LogP contribution is 2.23. The number of hydrogen-bond donors (Lipinski definition) is 3. The Balaban J connectivity index is 2.11. The topological polar surface area (TPSA) is 74.2 Å². The van der Waals surface area contributed by atoms with E-state index in [9.17, 15) is 4.79 Å². The van der Waals surface area contributed by atoms with E-state index in [0.29, 0.717) is 18.0 Å². The number of hydrogen-bond acceptors (Lipinski definition) is 3. The first-order valence-electron chi connectivity index (χ1n) is 7.91. The molecule has 0 bridgehead atoms. The second-order valence-corrected chi connectivity index (χ2v) is 6.15. The highest BCUT2D eigenvalue weighted by Gasteiger charge is 2.18. The minimum atomic E-state index is -0.391. The van der Waals surface area contributed by atoms with Crippen LogP contribution in [0.15, 0.2) is 48.7 Å². The quantitative estimate of drug-likeness (QED) is 0.720. The fraction of sp³-hybridized carbons (Fsp3) is 0.333. The minimum absolute atomic E-state index is 0.115. The first kappa shape index (κ1) is 18.2. The van der Waals surface area contributed by atoms with Crippen LogP contribution in [-0.4, -0.2) is 29.3 Å². The molecule has 1 aromatic heterocycles. The fourth-order valence-corrected chi connectivity index (χ4v) is 2.53. The van der Waals surface area contributed by atoms with Crippen molar-refractivity contribution in [3.63, 3.8) is 0 Å². The number of pyridine rings is 1. The molecule has 6 heteroatoms. The lowest BCUT2D eigenvalue weighted by Crippen LogP contribution is -2.40. The molecule has 128 valence electrons. The van der Waals surface area contributed by atoms with Gasteiger partial charge >= 0.3 is 6.03 Å². The number of carbonyl (C=O) groups is 1. The normalized spacial score (nSPS) is 13.1. The molecule has 0 radical (unpaired) electrons. The van der Waals surface area contributed by atoms with Crippen LogP contribution in [0.2, 0.25) is 5.02 Å². The second-order valence-electron chi connectivity index (χ2n) is 5.71. The number of carbonyl (C=O) groups excluding carboxylic acids is 1. The lowest BCUT2D eigenvalue weighted by atomic mass is 10.0. The molecular weight excluding hydrogens is 326 g/mol. The van der Waals surface area contributed by atoms with Crippen molar-refractivity contribution in [3.05, 3.63) is 64.9 Å². The van der Waals surface area contributed by atoms with Crippen LogP contribution in [0.1, 0.15) is 30.6 Å². The molecule has 0 aliphatic carbocycles. The summed E-state index contributed by atoms with van der Waals surface area (Å²) in [7, 11) is 0. The summed E-state index contributed by atoms with van der Waals surface area (Å²) >= 11 is 6.08. The monoisotopic (exact) mass is 347 g/mol. The number of amides is 2. The highest BCUT2D eigenvalue weighted by molar-refractivity contribution is 6.30. The summed E-state index contributed by atoms with van der Waals surface area (Å²) in [4.78, 5) is 16.6. The van der Waals surface area contributed by atoms with Crippen molar-refractivity contribution in [2.45, 2.75) is 19.4 Å². The Bertz CT molecular complexity index is 652. The van der Waals surface area contributed by atoms with E-state index in [1.807, 2.05) is 43.3 Å². The Labute approximate surface area is 147 Å². The number of urea groups is 1. The van der Waals surface area contributed by atoms with Crippen LogP contribution in [-0.2, 0) is 0 Å². The molecule has 2 amide bonds. The van der Waals surface area contributed by atoms with Gasteiger partial charge in [-0.15, -0.1) is 0 Å². The van der Waals surface area contributed by atoms with Gasteiger partial charge in [0.2, 0.25) is 0 Å². The summed E-state index contributed by atoms with van der Waals surface area (Å²) in [5, 5.41) is 15.3. The van der Waals surface area contributed by atoms with E-state index in [1.165, 1.54) is 0 Å². The van der Waals surface area contributed by atoms with Crippen LogP contribution < -0.4 is 10.6 Å². The molecule has 2 atom stereocenters. The number of nitrogens with zero attached hydrogens (tertiary/aromatic N) is 1. The third-order valence-corrected chi connectivity index (χ3v) is 3.91. The molecule has 2 unspecified atom stereocenters. The number of aliphatic hydroxyl groups excluding tert-OH is 1. The Hall–Kier alpha value is -2.11. The summed E-state index contributed by atoms with van der Waals surface area (Å²) in [6.07, 6.45) is 2.34. The van der Waals surface area contributed by atoms with Crippen molar-refractivity contribution in [1.29, 1.82) is 0 Å². The van der Waals surface area contributed by atoms with Gasteiger partial charge in [-0.1, -0.05) is 36.7 Å². The SMILES string of the molecule is CC(CCO)CNC(=O)NC(c1cccc(Cl)c1)c1ccccn1. The van der Waals surface area contributed by atoms with E-state index in [0.717, 1.165) is 11.3 Å². The van der Waals surface area contributed by atoms with Gasteiger partial charge in [-0.25, -0.2) is 4.79 Å². The molecule has 1 heterocycles. The first-order valence-corrected chi connectivity index (χ1v) is 8.29. The molecule has 2 aromatic rings. The molecule has 0 spiro atoms. The number of benzene rings is 1. The number of nitrogens with one attached hydrogen (secondary N) is 2. The van der Waals surface area contributed by atoms with Gasteiger partial charge in [0.25, 0.3) is 0 Å². The first-order chi connectivity index (χ1) is 11.6. The summed E-state index contributed by atoms with van der Waals surface area (Å²) in [6.45, 7) is 2.59. The number of aliphatic hydroxyl groups is 1. The maximum absolute atomic E-state index is 12.2. The van der Waals surface area contributed by atoms with Crippen molar-refractivity contribution < 1.29 is 9.90 Å². The van der Waals surface area contributed by atoms with Crippen LogP contribution in [0.3, 0.4) is 0 Å². The molecule has 24 heavy (non-hydrogen) atoms. The summed E-state index contributed by atoms with van der Waals surface area (Å²) in [5.41, 5.74) is 1.60. The van der Waals surface area contributed by atoms with Crippen molar-refractivity contribution in [2.75, 3.05) is 13.2 Å². The molecule has 0 aliphatic heterocycles. The fourth-order valence-electron chi connectivity index (χ4n) is 2.33. The van der Waals surface area contributed by atoms with E-state index in [1.54, 1.807) is 12.3 Å². The number of aromatic nitrogens is 1. The summed E-state index contributed by atoms with van der Waals surface area (Å²) in [6, 6.07) is 12.2. The zero-order valence-electron chi connectivity index (χ0n) is 13.6. The molecule has 2 rings (SSSR count). The average Bonchev–Trinajstić information content (AvgIpc) is 2.59. The summed E-state index contributed by atoms with van der Waals surface area (Å²) < 4.78 is 0. The molecule has 3 N–H and O–H groups in total. The smallest absolute Gasteiger partial charge is 0.315 e. The molecule has 0 saturated carbocycles. The number of halogens is 1. The highest BCUT2D eigenvalue weighted by atomic mass is 35.5. The predicted octanol–water partition coefficient (Wildman–Crippen LogP) is 3.14. The number of rotatable bonds is 7. The molecule has 1 aromatic carbocycles. The van der Waals surface area contributed by atoms with E-state index in [4.69, 9.17) is 16.7 Å². The van der Waals surface area contributed by atoms with Gasteiger partial charge in [-0.2, -0.15) is 0 Å². The molecular formula is C18H22ClN3O2. The van der Waals surface area contributed by atoms with Gasteiger partial charge in [-0.05, 0) is 42.2 Å². The van der Waals surface area contributed by atoms with Gasteiger partial charge < -0.3 is 15.7 Å². The van der Waals surface area contributed by atoms with Gasteiger partial charge in [0.1, 0.15) is 0 Å². The Morgan fingerprint density at radius 2 is 2.12 bits per heavy atom. The molecule has 0 saturated heterocycles. The zero-order chi connectivity index (χ0) is 17.4. The second kappa shape index (κ2) is 9.25. The van der Waals surface area contributed by atoms with Crippen LogP contribution in [0.25, 0.3) is 0 Å². The standard InChI is InChI=1S/C18H22ClN3O2/c1-13(8-10-23)12-21-18(24)22-17(16-7-2-3-9-20-16)14-5-4-6-15(19)11-14/h2-7,9,11,13,17,23H,8,10,12H2,1H3,(H2,21,22,24). The summed E-state index contributed by atoms with van der Waals surface area (Å²) in [5.74, 6) is 0.209. The molecule has 5 nitrogen and oxygen atoms in total. The molecule has 0 fully saturated rings. The van der Waals surface area contributed by atoms with Gasteiger partial charge in [0, 0.05) is 24.4 Å². The van der Waals surface area contributed by atoms with E-state index >= 15 is 0 Å². The Kier molecular flexibility index (Phi) is 7.03. The lowest BCUT2D eigenvalue weighted by Gasteiger charge is -2.20. The van der Waals surface area contributed by atoms with Gasteiger partial charge in [0.15, 0.2) is 0 Å². The maximum Gasteiger partial charge on any atom is 0.315 e. The lowest BCUT2D eigenvalue weighted by molar-refractivity contribution is 0.232. The third-order valence-electron chi connectivity index (χ3n) is 3.67. The van der Waals surface area contributed by atoms with E-state index < -0.39 is 6.04 Å². The Morgan fingerprint density at radius 1 is 1.29 bits per heavy atom. The predicted molar refractivity (Wildman–Crippen MR) is 94.9 cm³/mol. The minimum Gasteiger partial charge on any atom is -0.396 e. The van der Waals surface area contributed by atoms with E-state index in [-0.39, 0.29) is 18.6 Å². The maximum atomic E-state index is 12.2. The van der Waals surface area contributed by atoms with Crippen molar-refractivity contribution in [1.82, 2.24) is 15.6 Å². The van der Waals surface area contributed by atoms with Crippen molar-refractivity contribution in [3.8, 4) is 0 Å². The van der Waals surface area contributed by atoms with Crippen LogP contribution in [0.5, 0.6) is 0 Å². The van der Waals surface area contributed by atoms with Gasteiger partial charge in [-0.3, -0.25) is 4.98 Å². The molecule has 0 aliphatic rings. The Morgan fingerprint density at radius 3 is 2.79 bits per heavy atom. The average molecular weight is 348 g/mol. The van der Waals surface area contributed by atoms with Crippen LogP contribution in [0, 0.1) is 5.92 Å². The van der Waals surface area contributed by atoms with Crippen LogP contribution >= 0.6 is 11.6 Å². The van der Waals surface area contributed by atoms with Crippen LogP contribution in [0.4, 0.5) is 4.79 Å². The van der Waals surface area contributed by atoms with E-state index in [2.05, 4.69) is 15.6 Å². The third kappa shape index (κ3) is 5.51. The zero-order valence-corrected chi connectivity index (χ0v) is 14.3. The van der Waals surface area contributed by atoms with Crippen molar-refractivity contribution in [2.24, 2.45) is 5.92 Å². The van der Waals surface area contributed by atoms with Crippen molar-refractivity contribution >= 4 is 17.6 Å².